The minimum absolute atomic E-state index is 0.262. The van der Waals surface area contributed by atoms with Crippen LogP contribution in [0.25, 0.3) is 22.8 Å². The fraction of sp³-hybridized carbons (Fsp3) is 0.542. The number of ether oxygens (including phenoxy) is 2. The molecule has 56 heavy (non-hydrogen) atoms. The Morgan fingerprint density at radius 3 is 1.20 bits per heavy atom. The van der Waals surface area contributed by atoms with Crippen LogP contribution in [0, 0.1) is 11.8 Å². The Hall–Kier alpha value is -4.46. The van der Waals surface area contributed by atoms with E-state index in [9.17, 15) is 9.59 Å². The van der Waals surface area contributed by atoms with Crippen molar-refractivity contribution in [1.29, 1.82) is 0 Å². The number of aryl methyl sites for hydroxylation is 2. The smallest absolute Gasteiger partial charge is 0.326 e. The first-order valence-corrected chi connectivity index (χ1v) is 21.7. The van der Waals surface area contributed by atoms with E-state index in [1.165, 1.54) is 70.6 Å². The second-order valence-corrected chi connectivity index (χ2v) is 15.4. The second-order valence-electron chi connectivity index (χ2n) is 15.4. The van der Waals surface area contributed by atoms with Gasteiger partial charge in [0.1, 0.15) is 11.5 Å². The van der Waals surface area contributed by atoms with Crippen LogP contribution in [0.4, 0.5) is 0 Å². The molecule has 0 amide bonds. The van der Waals surface area contributed by atoms with Crippen molar-refractivity contribution >= 4 is 11.9 Å². The first kappa shape index (κ1) is 44.3. The maximum Gasteiger partial charge on any atom is 0.326 e. The highest BCUT2D eigenvalue weighted by Gasteiger charge is 2.36. The Morgan fingerprint density at radius 2 is 0.821 bits per heavy atom. The molecule has 2 aromatic heterocycles. The van der Waals surface area contributed by atoms with Gasteiger partial charge in [-0.05, 0) is 97.7 Å². The van der Waals surface area contributed by atoms with Gasteiger partial charge >= 0.3 is 11.9 Å². The third-order valence-corrected chi connectivity index (χ3v) is 10.6. The molecule has 1 atom stereocenters. The number of rotatable bonds is 27. The summed E-state index contributed by atoms with van der Waals surface area (Å²) in [6.07, 6.45) is 30.8. The summed E-state index contributed by atoms with van der Waals surface area (Å²) in [5.74, 6) is -0.637. The molecule has 2 aromatic carbocycles. The topological polar surface area (TPSA) is 104 Å². The molecule has 0 N–H and O–H groups in total. The lowest BCUT2D eigenvalue weighted by atomic mass is 9.89. The summed E-state index contributed by atoms with van der Waals surface area (Å²) in [7, 11) is 0. The van der Waals surface area contributed by atoms with E-state index in [4.69, 9.17) is 9.47 Å². The van der Waals surface area contributed by atoms with E-state index < -0.39 is 17.9 Å². The zero-order chi connectivity index (χ0) is 39.8. The van der Waals surface area contributed by atoms with Gasteiger partial charge < -0.3 is 9.47 Å². The van der Waals surface area contributed by atoms with Gasteiger partial charge in [-0.15, -0.1) is 0 Å². The number of aromatic nitrogens is 4. The van der Waals surface area contributed by atoms with E-state index in [0.29, 0.717) is 23.1 Å². The highest BCUT2D eigenvalue weighted by atomic mass is 16.6. The fourth-order valence-corrected chi connectivity index (χ4v) is 6.99. The maximum atomic E-state index is 13.7. The lowest BCUT2D eigenvalue weighted by Crippen LogP contribution is -2.36. The summed E-state index contributed by atoms with van der Waals surface area (Å²) in [4.78, 5) is 45.8. The molecule has 0 bridgehead atoms. The third kappa shape index (κ3) is 15.6. The third-order valence-electron chi connectivity index (χ3n) is 10.6. The number of hydrogen-bond acceptors (Lipinski definition) is 8. The van der Waals surface area contributed by atoms with Gasteiger partial charge in [0.05, 0.1) is 0 Å². The minimum atomic E-state index is -1.08. The zero-order valence-electron chi connectivity index (χ0n) is 34.6. The van der Waals surface area contributed by atoms with Crippen LogP contribution in [0.15, 0.2) is 73.3 Å². The van der Waals surface area contributed by atoms with Gasteiger partial charge in [0.25, 0.3) is 0 Å². The fourth-order valence-electron chi connectivity index (χ4n) is 6.99. The predicted molar refractivity (Wildman–Crippen MR) is 226 cm³/mol. The van der Waals surface area contributed by atoms with E-state index in [2.05, 4.69) is 40.7 Å². The maximum absolute atomic E-state index is 13.7. The molecule has 0 aliphatic rings. The van der Waals surface area contributed by atoms with Crippen molar-refractivity contribution in [1.82, 2.24) is 19.9 Å². The molecule has 4 aromatic rings. The van der Waals surface area contributed by atoms with Crippen LogP contribution in [0.2, 0.25) is 0 Å². The second kappa shape index (κ2) is 25.6. The summed E-state index contributed by atoms with van der Waals surface area (Å²) in [5, 5.41) is 0. The molecule has 0 aliphatic heterocycles. The number of hydrogen-bond donors (Lipinski definition) is 0. The van der Waals surface area contributed by atoms with Crippen molar-refractivity contribution in [2.45, 2.75) is 156 Å². The number of unbranched alkanes of at least 4 members (excludes halogenated alkanes) is 14. The van der Waals surface area contributed by atoms with Gasteiger partial charge in [-0.3, -0.25) is 9.59 Å². The highest BCUT2D eigenvalue weighted by molar-refractivity contribution is 5.97. The van der Waals surface area contributed by atoms with Crippen LogP contribution in [0.3, 0.4) is 0 Å². The van der Waals surface area contributed by atoms with E-state index in [1.54, 1.807) is 24.3 Å². The SMILES string of the molecule is CCCCCCCCc1cnc(-c2ccc(OC(=O)C(C(=O)Oc3ccc(-c4ncc(CCCCCCCC)cn4)cc3)[C@@H](C)CCCCCCC)cc2)nc1. The normalized spacial score (nSPS) is 11.8. The van der Waals surface area contributed by atoms with Gasteiger partial charge in [-0.25, -0.2) is 19.9 Å². The lowest BCUT2D eigenvalue weighted by molar-refractivity contribution is -0.153. The van der Waals surface area contributed by atoms with Crippen LogP contribution >= 0.6 is 0 Å². The summed E-state index contributed by atoms with van der Waals surface area (Å²) in [6, 6.07) is 14.2. The summed E-state index contributed by atoms with van der Waals surface area (Å²) >= 11 is 0. The van der Waals surface area contributed by atoms with Crippen molar-refractivity contribution in [3.8, 4) is 34.3 Å². The van der Waals surface area contributed by atoms with Crippen LogP contribution in [-0.4, -0.2) is 31.9 Å². The first-order valence-electron chi connectivity index (χ1n) is 21.7. The van der Waals surface area contributed by atoms with Crippen LogP contribution in [0.5, 0.6) is 11.5 Å². The Kier molecular flexibility index (Phi) is 20.3. The molecular weight excluding hydrogens is 697 g/mol. The number of carbonyl (C=O) groups is 2. The number of carbonyl (C=O) groups excluding carboxylic acids is 2. The molecular formula is C48H66N4O4. The van der Waals surface area contributed by atoms with Crippen molar-refractivity contribution in [3.63, 3.8) is 0 Å². The van der Waals surface area contributed by atoms with Gasteiger partial charge in [-0.1, -0.05) is 124 Å². The zero-order valence-corrected chi connectivity index (χ0v) is 34.6. The van der Waals surface area contributed by atoms with Crippen molar-refractivity contribution in [3.05, 3.63) is 84.4 Å². The molecule has 0 saturated carbocycles. The van der Waals surface area contributed by atoms with Gasteiger partial charge in [0, 0.05) is 35.9 Å². The van der Waals surface area contributed by atoms with Gasteiger partial charge in [-0.2, -0.15) is 0 Å². The molecule has 0 aliphatic carbocycles. The molecule has 0 fully saturated rings. The highest BCUT2D eigenvalue weighted by Crippen LogP contribution is 2.27. The quantitative estimate of drug-likeness (QED) is 0.0256. The van der Waals surface area contributed by atoms with Crippen LogP contribution in [0.1, 0.15) is 154 Å². The van der Waals surface area contributed by atoms with Crippen LogP contribution in [-0.2, 0) is 22.4 Å². The standard InChI is InChI=1S/C48H66N4O4/c1-5-8-11-14-17-20-23-38-33-49-45(50-34-38)40-25-29-42(30-26-40)55-47(53)44(37(4)22-19-16-13-10-7-3)48(54)56-43-31-27-41(28-32-43)46-51-35-39(36-52-46)24-21-18-15-12-9-6-2/h25-37,44H,5-24H2,1-4H3/t37-/m0/s1. The van der Waals surface area contributed by atoms with Crippen molar-refractivity contribution in [2.75, 3.05) is 0 Å². The molecule has 8 nitrogen and oxygen atoms in total. The average Bonchev–Trinajstić information content (AvgIpc) is 3.21. The number of benzene rings is 2. The Morgan fingerprint density at radius 1 is 0.482 bits per heavy atom. The molecule has 0 radical (unpaired) electrons. The number of esters is 2. The minimum Gasteiger partial charge on any atom is -0.426 e. The first-order chi connectivity index (χ1) is 27.4. The largest absolute Gasteiger partial charge is 0.426 e. The summed E-state index contributed by atoms with van der Waals surface area (Å²) < 4.78 is 11.7. The Bertz CT molecular complexity index is 1560. The van der Waals surface area contributed by atoms with Crippen molar-refractivity contribution in [2.24, 2.45) is 11.8 Å². The molecule has 302 valence electrons. The molecule has 0 unspecified atom stereocenters. The van der Waals surface area contributed by atoms with Gasteiger partial charge in [0.2, 0.25) is 0 Å². The Labute approximate surface area is 336 Å². The average molecular weight is 763 g/mol. The molecule has 8 heteroatoms. The van der Waals surface area contributed by atoms with E-state index in [0.717, 1.165) is 80.0 Å². The van der Waals surface area contributed by atoms with Crippen LogP contribution < -0.4 is 9.47 Å². The predicted octanol–water partition coefficient (Wildman–Crippen LogP) is 12.5. The van der Waals surface area contributed by atoms with Crippen molar-refractivity contribution < 1.29 is 19.1 Å². The molecule has 4 rings (SSSR count). The molecule has 0 spiro atoms. The molecule has 2 heterocycles. The summed E-state index contributed by atoms with van der Waals surface area (Å²) in [5.41, 5.74) is 3.93. The van der Waals surface area contributed by atoms with Gasteiger partial charge in [0.15, 0.2) is 17.6 Å². The monoisotopic (exact) mass is 763 g/mol. The van der Waals surface area contributed by atoms with E-state index in [-0.39, 0.29) is 5.92 Å². The van der Waals surface area contributed by atoms with E-state index in [1.807, 2.05) is 56.0 Å². The molecule has 0 saturated heterocycles. The summed E-state index contributed by atoms with van der Waals surface area (Å²) in [6.45, 7) is 8.59. The lowest BCUT2D eigenvalue weighted by Gasteiger charge is -2.21. The number of nitrogens with zero attached hydrogens (tertiary/aromatic N) is 4. The van der Waals surface area contributed by atoms with E-state index >= 15 is 0 Å². The Balaban J connectivity index is 1.34.